The van der Waals surface area contributed by atoms with Gasteiger partial charge in [-0.15, -0.1) is 0 Å². The lowest BCUT2D eigenvalue weighted by molar-refractivity contribution is 0.726. The largest absolute Gasteiger partial charge is 0.341 e. The number of nitrogens with one attached hydrogen (secondary N) is 2. The van der Waals surface area contributed by atoms with E-state index >= 15 is 0 Å². The number of rotatable bonds is 3. The molecule has 0 saturated carbocycles. The van der Waals surface area contributed by atoms with Crippen molar-refractivity contribution in [2.75, 3.05) is 23.3 Å². The van der Waals surface area contributed by atoms with Crippen LogP contribution in [0.5, 0.6) is 0 Å². The minimum Gasteiger partial charge on any atom is -0.341 e. The maximum atomic E-state index is 6.15. The predicted molar refractivity (Wildman–Crippen MR) is 94.9 cm³/mol. The second kappa shape index (κ2) is 6.60. The molecular formula is C16H18ClN7. The second-order valence-corrected chi connectivity index (χ2v) is 6.33. The van der Waals surface area contributed by atoms with Crippen molar-refractivity contribution in [1.82, 2.24) is 25.1 Å². The van der Waals surface area contributed by atoms with Gasteiger partial charge in [-0.05, 0) is 31.0 Å². The molecule has 7 nitrogen and oxygen atoms in total. The number of aromatic nitrogens is 5. The van der Waals surface area contributed by atoms with Crippen molar-refractivity contribution < 1.29 is 0 Å². The highest BCUT2D eigenvalue weighted by Gasteiger charge is 2.16. The minimum atomic E-state index is 0.539. The Morgan fingerprint density at radius 2 is 1.92 bits per heavy atom. The quantitative estimate of drug-likeness (QED) is 0.757. The Balaban J connectivity index is 1.79. The third-order valence-electron chi connectivity index (χ3n) is 4.19. The van der Waals surface area contributed by atoms with Gasteiger partial charge >= 0.3 is 0 Å². The lowest BCUT2D eigenvalue weighted by Gasteiger charge is -2.21. The smallest absolute Gasteiger partial charge is 0.227 e. The average Bonchev–Trinajstić information content (AvgIpc) is 2.94. The second-order valence-electron chi connectivity index (χ2n) is 5.89. The van der Waals surface area contributed by atoms with E-state index in [4.69, 9.17) is 21.6 Å². The molecule has 1 fully saturated rings. The van der Waals surface area contributed by atoms with Crippen LogP contribution in [0.1, 0.15) is 25.7 Å². The van der Waals surface area contributed by atoms with Gasteiger partial charge in [0.25, 0.3) is 0 Å². The average molecular weight is 344 g/mol. The van der Waals surface area contributed by atoms with Crippen molar-refractivity contribution in [1.29, 1.82) is 0 Å². The van der Waals surface area contributed by atoms with Gasteiger partial charge in [-0.2, -0.15) is 15.1 Å². The number of halogens is 1. The van der Waals surface area contributed by atoms with Crippen molar-refractivity contribution in [3.63, 3.8) is 0 Å². The van der Waals surface area contributed by atoms with Crippen LogP contribution in [0.15, 0.2) is 24.5 Å². The monoisotopic (exact) mass is 343 g/mol. The summed E-state index contributed by atoms with van der Waals surface area (Å²) in [5, 5.41) is 11.3. The van der Waals surface area contributed by atoms with E-state index in [9.17, 15) is 0 Å². The van der Waals surface area contributed by atoms with E-state index in [0.717, 1.165) is 29.9 Å². The molecular weight excluding hydrogens is 326 g/mol. The van der Waals surface area contributed by atoms with Crippen LogP contribution in [0.4, 0.5) is 17.7 Å². The zero-order valence-corrected chi connectivity index (χ0v) is 13.9. The van der Waals surface area contributed by atoms with Gasteiger partial charge in [0.15, 0.2) is 0 Å². The molecule has 0 spiro atoms. The maximum absolute atomic E-state index is 6.15. The summed E-state index contributed by atoms with van der Waals surface area (Å²) >= 11 is 6.15. The number of anilines is 3. The molecule has 0 radical (unpaired) electrons. The lowest BCUT2D eigenvalue weighted by atomic mass is 10.2. The Labute approximate surface area is 144 Å². The van der Waals surface area contributed by atoms with E-state index in [1.807, 2.05) is 18.2 Å². The van der Waals surface area contributed by atoms with E-state index < -0.39 is 0 Å². The van der Waals surface area contributed by atoms with Gasteiger partial charge in [0, 0.05) is 23.5 Å². The van der Waals surface area contributed by atoms with Crippen LogP contribution in [0.2, 0.25) is 5.02 Å². The number of fused-ring (bicyclic) bond motifs is 1. The minimum absolute atomic E-state index is 0.539. The topological polar surface area (TPSA) is 82.6 Å². The molecule has 0 atom stereocenters. The lowest BCUT2D eigenvalue weighted by Crippen LogP contribution is -2.26. The van der Waals surface area contributed by atoms with E-state index in [1.54, 1.807) is 0 Å². The van der Waals surface area contributed by atoms with E-state index in [1.165, 1.54) is 32.0 Å². The van der Waals surface area contributed by atoms with Crippen molar-refractivity contribution in [3.05, 3.63) is 29.5 Å². The van der Waals surface area contributed by atoms with Gasteiger partial charge in [0.1, 0.15) is 12.1 Å². The molecule has 4 rings (SSSR count). The van der Waals surface area contributed by atoms with Crippen LogP contribution in [0.25, 0.3) is 10.9 Å². The zero-order chi connectivity index (χ0) is 16.4. The molecule has 1 saturated heterocycles. The molecule has 3 aromatic rings. The highest BCUT2D eigenvalue weighted by Crippen LogP contribution is 2.28. The van der Waals surface area contributed by atoms with Gasteiger partial charge in [-0.25, -0.2) is 10.1 Å². The van der Waals surface area contributed by atoms with Gasteiger partial charge in [0.2, 0.25) is 11.9 Å². The summed E-state index contributed by atoms with van der Waals surface area (Å²) in [6, 6.07) is 5.63. The summed E-state index contributed by atoms with van der Waals surface area (Å²) in [5.41, 5.74) is 0.857. The first-order valence-electron chi connectivity index (χ1n) is 8.14. The van der Waals surface area contributed by atoms with Gasteiger partial charge in [0.05, 0.1) is 5.52 Å². The number of H-pyrrole nitrogens is 1. The molecule has 8 heteroatoms. The molecule has 24 heavy (non-hydrogen) atoms. The number of nitrogens with zero attached hydrogens (tertiary/aromatic N) is 5. The first-order valence-corrected chi connectivity index (χ1v) is 8.52. The molecule has 0 aliphatic carbocycles. The summed E-state index contributed by atoms with van der Waals surface area (Å²) in [5.74, 6) is 1.96. The first kappa shape index (κ1) is 15.1. The molecule has 1 aliphatic heterocycles. The number of hydrogen-bond acceptors (Lipinski definition) is 6. The molecule has 2 N–H and O–H groups in total. The zero-order valence-electron chi connectivity index (χ0n) is 13.2. The third kappa shape index (κ3) is 3.12. The molecule has 2 aromatic heterocycles. The Morgan fingerprint density at radius 3 is 2.67 bits per heavy atom. The summed E-state index contributed by atoms with van der Waals surface area (Å²) < 4.78 is 0. The molecule has 0 bridgehead atoms. The highest BCUT2D eigenvalue weighted by atomic mass is 35.5. The standard InChI is InChI=1S/C16H18ClN7/c17-11-5-6-13-12(9-11)14(21-15-18-10-19-23-15)22-16(20-13)24-7-3-1-2-4-8-24/h5-6,9-10H,1-4,7-8H2,(H2,18,19,20,21,22,23). The van der Waals surface area contributed by atoms with Crippen LogP contribution in [0.3, 0.4) is 0 Å². The van der Waals surface area contributed by atoms with E-state index in [-0.39, 0.29) is 0 Å². The highest BCUT2D eigenvalue weighted by molar-refractivity contribution is 6.31. The molecule has 0 unspecified atom stereocenters. The van der Waals surface area contributed by atoms with Crippen molar-refractivity contribution in [2.45, 2.75) is 25.7 Å². The van der Waals surface area contributed by atoms with Crippen molar-refractivity contribution in [2.24, 2.45) is 0 Å². The molecule has 3 heterocycles. The summed E-state index contributed by atoms with van der Waals surface area (Å²) in [6.07, 6.45) is 6.33. The normalized spacial score (nSPS) is 15.5. The fourth-order valence-electron chi connectivity index (χ4n) is 2.97. The molecule has 0 amide bonds. The maximum Gasteiger partial charge on any atom is 0.227 e. The number of hydrogen-bond donors (Lipinski definition) is 2. The van der Waals surface area contributed by atoms with Crippen molar-refractivity contribution in [3.8, 4) is 0 Å². The Hall–Kier alpha value is -2.41. The molecule has 1 aromatic carbocycles. The van der Waals surface area contributed by atoms with E-state index in [0.29, 0.717) is 16.8 Å². The SMILES string of the molecule is Clc1ccc2nc(N3CCCCCC3)nc(Nc3ncn[nH]3)c2c1. The summed E-state index contributed by atoms with van der Waals surface area (Å²) in [7, 11) is 0. The summed E-state index contributed by atoms with van der Waals surface area (Å²) in [6.45, 7) is 1.97. The number of aromatic amines is 1. The Kier molecular flexibility index (Phi) is 4.17. The van der Waals surface area contributed by atoms with Gasteiger partial charge < -0.3 is 10.2 Å². The Bertz CT molecular complexity index is 826. The summed E-state index contributed by atoms with van der Waals surface area (Å²) in [4.78, 5) is 15.9. The van der Waals surface area contributed by atoms with Crippen LogP contribution in [-0.4, -0.2) is 38.2 Å². The van der Waals surface area contributed by atoms with Crippen LogP contribution < -0.4 is 10.2 Å². The Morgan fingerprint density at radius 1 is 1.08 bits per heavy atom. The van der Waals surface area contributed by atoms with Crippen LogP contribution in [-0.2, 0) is 0 Å². The fourth-order valence-corrected chi connectivity index (χ4v) is 3.15. The predicted octanol–water partition coefficient (Wildman–Crippen LogP) is 3.53. The van der Waals surface area contributed by atoms with Gasteiger partial charge in [-0.3, -0.25) is 0 Å². The van der Waals surface area contributed by atoms with Crippen LogP contribution >= 0.6 is 11.6 Å². The van der Waals surface area contributed by atoms with Gasteiger partial charge in [-0.1, -0.05) is 24.4 Å². The molecule has 124 valence electrons. The fraction of sp³-hybridized carbons (Fsp3) is 0.375. The van der Waals surface area contributed by atoms with E-state index in [2.05, 4.69) is 25.4 Å². The molecule has 1 aliphatic rings. The first-order chi connectivity index (χ1) is 11.8. The third-order valence-corrected chi connectivity index (χ3v) is 4.42. The number of benzene rings is 1. The van der Waals surface area contributed by atoms with Crippen LogP contribution in [0, 0.1) is 0 Å². The van der Waals surface area contributed by atoms with Crippen molar-refractivity contribution >= 4 is 40.2 Å².